The zero-order valence-electron chi connectivity index (χ0n) is 18.9. The van der Waals surface area contributed by atoms with Crippen molar-refractivity contribution in [1.29, 1.82) is 10.5 Å². The van der Waals surface area contributed by atoms with E-state index in [0.717, 1.165) is 33.1 Å². The van der Waals surface area contributed by atoms with Crippen molar-refractivity contribution in [3.63, 3.8) is 0 Å². The average molecular weight is 483 g/mol. The van der Waals surface area contributed by atoms with Gasteiger partial charge in [0.1, 0.15) is 0 Å². The van der Waals surface area contributed by atoms with Gasteiger partial charge in [-0.3, -0.25) is 4.18 Å². The molecule has 0 aliphatic rings. The Labute approximate surface area is 203 Å². The predicted molar refractivity (Wildman–Crippen MR) is 134 cm³/mol. The largest absolute Gasteiger partial charge is 0.361 e. The first kappa shape index (κ1) is 23.8. The molecule has 0 fully saturated rings. The number of benzene rings is 3. The first-order valence-corrected chi connectivity index (χ1v) is 12.2. The Morgan fingerprint density at radius 3 is 2.17 bits per heavy atom. The van der Waals surface area contributed by atoms with Gasteiger partial charge < -0.3 is 9.97 Å². The molecule has 5 aromatic rings. The molecule has 0 atom stereocenters. The van der Waals surface area contributed by atoms with Gasteiger partial charge in [-0.05, 0) is 66.2 Å². The van der Waals surface area contributed by atoms with Crippen LogP contribution in [0.2, 0.25) is 0 Å². The molecule has 0 saturated heterocycles. The molecule has 8 heteroatoms. The first-order chi connectivity index (χ1) is 16.9. The van der Waals surface area contributed by atoms with Crippen LogP contribution in [0, 0.1) is 29.6 Å². The van der Waals surface area contributed by atoms with E-state index in [4.69, 9.17) is 14.7 Å². The fourth-order valence-corrected chi connectivity index (χ4v) is 4.45. The Hall–Kier alpha value is -4.37. The molecule has 2 aromatic heterocycles. The highest BCUT2D eigenvalue weighted by Gasteiger charge is 2.15. The van der Waals surface area contributed by atoms with E-state index in [1.807, 2.05) is 49.5 Å². The van der Waals surface area contributed by atoms with Crippen molar-refractivity contribution in [2.24, 2.45) is 0 Å². The molecular weight excluding hydrogens is 460 g/mol. The molecule has 5 rings (SSSR count). The van der Waals surface area contributed by atoms with Crippen LogP contribution in [0.1, 0.15) is 22.4 Å². The summed E-state index contributed by atoms with van der Waals surface area (Å²) in [6, 6.07) is 25.6. The van der Waals surface area contributed by atoms with Gasteiger partial charge in [-0.2, -0.15) is 18.9 Å². The smallest absolute Gasteiger partial charge is 0.296 e. The van der Waals surface area contributed by atoms with E-state index < -0.39 is 10.1 Å². The highest BCUT2D eigenvalue weighted by atomic mass is 32.2. The topological polar surface area (TPSA) is 123 Å². The van der Waals surface area contributed by atoms with Crippen LogP contribution in [0.15, 0.2) is 83.9 Å². The summed E-state index contributed by atoms with van der Waals surface area (Å²) >= 11 is 0. The molecule has 174 valence electrons. The van der Waals surface area contributed by atoms with Crippen LogP contribution in [0.4, 0.5) is 0 Å². The molecule has 2 N–H and O–H groups in total. The van der Waals surface area contributed by atoms with Crippen LogP contribution >= 0.6 is 0 Å². The van der Waals surface area contributed by atoms with Gasteiger partial charge in [0.15, 0.2) is 0 Å². The maximum Gasteiger partial charge on any atom is 0.296 e. The van der Waals surface area contributed by atoms with Crippen molar-refractivity contribution in [2.75, 3.05) is 6.61 Å². The quantitative estimate of drug-likeness (QED) is 0.328. The Kier molecular flexibility index (Phi) is 6.98. The average Bonchev–Trinajstić information content (AvgIpc) is 3.50. The fraction of sp³-hybridized carbons (Fsp3) is 0.111. The number of hydrogen-bond acceptors (Lipinski definition) is 5. The van der Waals surface area contributed by atoms with Gasteiger partial charge in [0.25, 0.3) is 10.1 Å². The summed E-state index contributed by atoms with van der Waals surface area (Å²) in [5.41, 5.74) is 4.99. The van der Waals surface area contributed by atoms with E-state index in [1.54, 1.807) is 24.3 Å². The van der Waals surface area contributed by atoms with Crippen LogP contribution in [0.3, 0.4) is 0 Å². The number of rotatable bonds is 5. The van der Waals surface area contributed by atoms with E-state index in [2.05, 4.69) is 22.1 Å². The van der Waals surface area contributed by atoms with Gasteiger partial charge in [-0.25, -0.2) is 0 Å². The van der Waals surface area contributed by atoms with E-state index in [1.165, 1.54) is 12.1 Å². The van der Waals surface area contributed by atoms with Crippen molar-refractivity contribution in [2.45, 2.75) is 18.2 Å². The molecule has 0 aliphatic heterocycles. The minimum Gasteiger partial charge on any atom is -0.361 e. The lowest BCUT2D eigenvalue weighted by atomic mass is 10.2. The molecule has 0 saturated carbocycles. The zero-order chi connectivity index (χ0) is 24.8. The van der Waals surface area contributed by atoms with Crippen LogP contribution < -0.4 is 0 Å². The SMILES string of the molecule is Cc1ccc(S(=O)(=O)OCCc2cc3ccc(C#N)cc3[nH]2)cc1.N#Cc1ccc2cc[nH]c2c1. The van der Waals surface area contributed by atoms with Crippen molar-refractivity contribution >= 4 is 31.9 Å². The van der Waals surface area contributed by atoms with Crippen molar-refractivity contribution in [3.8, 4) is 12.1 Å². The normalized spacial score (nSPS) is 10.9. The monoisotopic (exact) mass is 482 g/mol. The summed E-state index contributed by atoms with van der Waals surface area (Å²) in [4.78, 5) is 6.38. The molecule has 0 radical (unpaired) electrons. The highest BCUT2D eigenvalue weighted by Crippen LogP contribution is 2.18. The number of fused-ring (bicyclic) bond motifs is 2. The Morgan fingerprint density at radius 1 is 0.829 bits per heavy atom. The minimum atomic E-state index is -3.74. The summed E-state index contributed by atoms with van der Waals surface area (Å²) in [6.07, 6.45) is 2.30. The number of aromatic nitrogens is 2. The number of aromatic amines is 2. The molecule has 0 amide bonds. The zero-order valence-corrected chi connectivity index (χ0v) is 19.8. The van der Waals surface area contributed by atoms with Gasteiger partial charge in [-0.1, -0.05) is 29.8 Å². The highest BCUT2D eigenvalue weighted by molar-refractivity contribution is 7.86. The molecular formula is C27H22N4O3S. The molecule has 0 spiro atoms. The van der Waals surface area contributed by atoms with Crippen LogP contribution in [-0.2, 0) is 20.7 Å². The summed E-state index contributed by atoms with van der Waals surface area (Å²) in [7, 11) is -3.74. The van der Waals surface area contributed by atoms with Gasteiger partial charge in [0.05, 0.1) is 34.8 Å². The number of nitrogens with one attached hydrogen (secondary N) is 2. The summed E-state index contributed by atoms with van der Waals surface area (Å²) in [6.45, 7) is 1.94. The Balaban J connectivity index is 0.000000218. The molecule has 0 bridgehead atoms. The molecule has 7 nitrogen and oxygen atoms in total. The van der Waals surface area contributed by atoms with Crippen molar-refractivity contribution in [3.05, 3.63) is 101 Å². The molecule has 35 heavy (non-hydrogen) atoms. The molecule has 0 unspecified atom stereocenters. The predicted octanol–water partition coefficient (Wildman–Crippen LogP) is 5.34. The number of H-pyrrole nitrogens is 2. The van der Waals surface area contributed by atoms with Gasteiger partial charge >= 0.3 is 0 Å². The second-order valence-corrected chi connectivity index (χ2v) is 9.55. The van der Waals surface area contributed by atoms with E-state index in [9.17, 15) is 8.42 Å². The second-order valence-electron chi connectivity index (χ2n) is 7.94. The number of hydrogen-bond donors (Lipinski definition) is 2. The van der Waals surface area contributed by atoms with Crippen LogP contribution in [0.5, 0.6) is 0 Å². The van der Waals surface area contributed by atoms with E-state index in [0.29, 0.717) is 17.5 Å². The maximum atomic E-state index is 12.1. The maximum absolute atomic E-state index is 12.1. The van der Waals surface area contributed by atoms with Crippen molar-refractivity contribution in [1.82, 2.24) is 9.97 Å². The third-order valence-electron chi connectivity index (χ3n) is 5.41. The minimum absolute atomic E-state index is 0.0497. The molecule has 2 heterocycles. The van der Waals surface area contributed by atoms with Gasteiger partial charge in [0.2, 0.25) is 0 Å². The van der Waals surface area contributed by atoms with E-state index >= 15 is 0 Å². The summed E-state index contributed by atoms with van der Waals surface area (Å²) in [5.74, 6) is 0. The first-order valence-electron chi connectivity index (χ1n) is 10.8. The number of aryl methyl sites for hydroxylation is 1. The standard InChI is InChI=1S/C18H16N2O3S.C9H6N2/c1-13-2-6-17(7-3-13)24(21,22)23-9-8-16-11-15-5-4-14(12-19)10-18(15)20-16;10-6-7-1-2-8-3-4-11-9(8)5-7/h2-7,10-11,20H,8-9H2,1H3;1-5,11H. The summed E-state index contributed by atoms with van der Waals surface area (Å²) < 4.78 is 29.3. The lowest BCUT2D eigenvalue weighted by Gasteiger charge is -2.05. The third kappa shape index (κ3) is 5.77. The van der Waals surface area contributed by atoms with Gasteiger partial charge in [0, 0.05) is 29.3 Å². The second kappa shape index (κ2) is 10.3. The number of nitrogens with zero attached hydrogens (tertiary/aromatic N) is 2. The summed E-state index contributed by atoms with van der Waals surface area (Å²) in [5, 5.41) is 19.6. The lowest BCUT2D eigenvalue weighted by Crippen LogP contribution is -2.09. The third-order valence-corrected chi connectivity index (χ3v) is 6.74. The Morgan fingerprint density at radius 2 is 1.49 bits per heavy atom. The molecule has 0 aliphatic carbocycles. The van der Waals surface area contributed by atoms with Gasteiger partial charge in [-0.15, -0.1) is 0 Å². The van der Waals surface area contributed by atoms with Crippen LogP contribution in [0.25, 0.3) is 21.8 Å². The molecule has 3 aromatic carbocycles. The lowest BCUT2D eigenvalue weighted by molar-refractivity contribution is 0.321. The number of nitriles is 2. The van der Waals surface area contributed by atoms with Crippen molar-refractivity contribution < 1.29 is 12.6 Å². The Bertz CT molecular complexity index is 1670. The fourth-order valence-electron chi connectivity index (χ4n) is 3.54. The van der Waals surface area contributed by atoms with E-state index in [-0.39, 0.29) is 11.5 Å². The van der Waals surface area contributed by atoms with Crippen LogP contribution in [-0.4, -0.2) is 25.0 Å².